The zero-order valence-corrected chi connectivity index (χ0v) is 7.03. The maximum Gasteiger partial charge on any atom is 0.212 e. The van der Waals surface area contributed by atoms with Gasteiger partial charge in [0.2, 0.25) is 5.88 Å². The normalized spacial score (nSPS) is 21.7. The Hall–Kier alpha value is -1.03. The second-order valence-corrected chi connectivity index (χ2v) is 2.97. The van der Waals surface area contributed by atoms with Crippen LogP contribution >= 0.6 is 0 Å². The molecule has 0 aliphatic carbocycles. The molecule has 2 rings (SSSR count). The van der Waals surface area contributed by atoms with Gasteiger partial charge in [-0.15, -0.1) is 0 Å². The summed E-state index contributed by atoms with van der Waals surface area (Å²) in [6.07, 6.45) is 0.488. The molecule has 1 aromatic rings. The van der Waals surface area contributed by atoms with Gasteiger partial charge in [-0.2, -0.15) is 5.10 Å². The molecule has 1 aliphatic heterocycles. The highest BCUT2D eigenvalue weighted by Gasteiger charge is 2.18. The van der Waals surface area contributed by atoms with Gasteiger partial charge in [0.15, 0.2) is 0 Å². The molecule has 1 atom stereocenters. The fourth-order valence-corrected chi connectivity index (χ4v) is 1.30. The van der Waals surface area contributed by atoms with Crippen LogP contribution in [0, 0.1) is 0 Å². The highest BCUT2D eigenvalue weighted by atomic mass is 16.5. The Balaban J connectivity index is 2.28. The zero-order chi connectivity index (χ0) is 8.55. The summed E-state index contributed by atoms with van der Waals surface area (Å²) in [6.45, 7) is 2.98. The van der Waals surface area contributed by atoms with Crippen molar-refractivity contribution in [3.8, 4) is 5.88 Å². The molecule has 0 spiro atoms. The molecular formula is C8H12N2O2. The van der Waals surface area contributed by atoms with Crippen LogP contribution in [0.15, 0.2) is 6.07 Å². The van der Waals surface area contributed by atoms with Gasteiger partial charge in [0.05, 0.1) is 12.2 Å². The van der Waals surface area contributed by atoms with E-state index in [2.05, 4.69) is 5.10 Å². The zero-order valence-electron chi connectivity index (χ0n) is 7.03. The molecule has 0 bridgehead atoms. The molecule has 1 aliphatic rings. The average Bonchev–Trinajstić information content (AvgIpc) is 2.46. The average molecular weight is 168 g/mol. The number of aromatic nitrogens is 2. The van der Waals surface area contributed by atoms with Crippen molar-refractivity contribution in [1.82, 2.24) is 9.78 Å². The highest BCUT2D eigenvalue weighted by molar-refractivity contribution is 5.17. The molecule has 0 fully saturated rings. The fraction of sp³-hybridized carbons (Fsp3) is 0.625. The molecule has 66 valence electrons. The maximum absolute atomic E-state index is 9.25. The van der Waals surface area contributed by atoms with Crippen LogP contribution in [-0.4, -0.2) is 27.6 Å². The molecule has 12 heavy (non-hydrogen) atoms. The van der Waals surface area contributed by atoms with Crippen LogP contribution in [0.4, 0.5) is 0 Å². The molecular weight excluding hydrogens is 156 g/mol. The van der Waals surface area contributed by atoms with Crippen molar-refractivity contribution in [3.63, 3.8) is 0 Å². The van der Waals surface area contributed by atoms with E-state index < -0.39 is 6.10 Å². The van der Waals surface area contributed by atoms with Crippen molar-refractivity contribution >= 4 is 0 Å². The van der Waals surface area contributed by atoms with Gasteiger partial charge in [-0.3, -0.25) is 0 Å². The maximum atomic E-state index is 9.25. The first kappa shape index (κ1) is 7.61. The van der Waals surface area contributed by atoms with E-state index in [9.17, 15) is 5.11 Å². The Morgan fingerprint density at radius 2 is 2.67 bits per heavy atom. The van der Waals surface area contributed by atoms with Gasteiger partial charge in [0, 0.05) is 6.07 Å². The number of rotatable bonds is 1. The van der Waals surface area contributed by atoms with Gasteiger partial charge in [-0.1, -0.05) is 6.92 Å². The summed E-state index contributed by atoms with van der Waals surface area (Å²) in [5.41, 5.74) is 1.01. The summed E-state index contributed by atoms with van der Waals surface area (Å²) < 4.78 is 6.98. The van der Waals surface area contributed by atoms with Gasteiger partial charge in [0.1, 0.15) is 12.7 Å². The van der Waals surface area contributed by atoms with Crippen molar-refractivity contribution in [3.05, 3.63) is 11.8 Å². The molecule has 0 saturated heterocycles. The second-order valence-electron chi connectivity index (χ2n) is 2.97. The van der Waals surface area contributed by atoms with Crippen LogP contribution in [-0.2, 0) is 13.0 Å². The van der Waals surface area contributed by atoms with Crippen LogP contribution in [0.3, 0.4) is 0 Å². The van der Waals surface area contributed by atoms with Gasteiger partial charge in [-0.25, -0.2) is 4.68 Å². The number of fused-ring (bicyclic) bond motifs is 1. The third-order valence-corrected chi connectivity index (χ3v) is 1.96. The van der Waals surface area contributed by atoms with Crippen molar-refractivity contribution in [2.45, 2.75) is 26.0 Å². The Morgan fingerprint density at radius 1 is 1.83 bits per heavy atom. The van der Waals surface area contributed by atoms with E-state index in [-0.39, 0.29) is 0 Å². The predicted octanol–water partition coefficient (Wildman–Crippen LogP) is 0.199. The second kappa shape index (κ2) is 2.79. The van der Waals surface area contributed by atoms with E-state index in [1.807, 2.05) is 13.0 Å². The molecule has 0 amide bonds. The number of aryl methyl sites for hydroxylation is 1. The number of nitrogens with zero attached hydrogens (tertiary/aromatic N) is 2. The number of hydrogen-bond donors (Lipinski definition) is 1. The largest absolute Gasteiger partial charge is 0.475 e. The van der Waals surface area contributed by atoms with Crippen LogP contribution in [0.2, 0.25) is 0 Å². The lowest BCUT2D eigenvalue weighted by Crippen LogP contribution is -2.29. The first-order chi connectivity index (χ1) is 5.79. The van der Waals surface area contributed by atoms with Gasteiger partial charge >= 0.3 is 0 Å². The third-order valence-electron chi connectivity index (χ3n) is 1.96. The standard InChI is InChI=1S/C8H12N2O2/c1-2-6-3-8-10(9-6)4-7(11)5-12-8/h3,7,11H,2,4-5H2,1H3. The molecule has 4 heteroatoms. The lowest BCUT2D eigenvalue weighted by atomic mass is 10.3. The first-order valence-electron chi connectivity index (χ1n) is 4.17. The summed E-state index contributed by atoms with van der Waals surface area (Å²) in [5.74, 6) is 0.775. The Bertz CT molecular complexity index is 283. The predicted molar refractivity (Wildman–Crippen MR) is 43.1 cm³/mol. The smallest absolute Gasteiger partial charge is 0.212 e. The van der Waals surface area contributed by atoms with E-state index in [4.69, 9.17) is 4.74 Å². The van der Waals surface area contributed by atoms with Gasteiger partial charge in [0.25, 0.3) is 0 Å². The molecule has 0 radical (unpaired) electrons. The van der Waals surface area contributed by atoms with Crippen molar-refractivity contribution in [2.24, 2.45) is 0 Å². The SMILES string of the molecule is CCc1cc2n(n1)CC(O)CO2. The summed E-state index contributed by atoms with van der Waals surface area (Å²) in [5, 5.41) is 13.5. The van der Waals surface area contributed by atoms with E-state index in [1.54, 1.807) is 4.68 Å². The first-order valence-corrected chi connectivity index (χ1v) is 4.17. The van der Waals surface area contributed by atoms with Gasteiger partial charge < -0.3 is 9.84 Å². The Morgan fingerprint density at radius 3 is 3.42 bits per heavy atom. The van der Waals surface area contributed by atoms with Crippen LogP contribution in [0.5, 0.6) is 5.88 Å². The van der Waals surface area contributed by atoms with E-state index >= 15 is 0 Å². The van der Waals surface area contributed by atoms with E-state index in [0.29, 0.717) is 13.2 Å². The molecule has 1 N–H and O–H groups in total. The fourth-order valence-electron chi connectivity index (χ4n) is 1.30. The lowest BCUT2D eigenvalue weighted by Gasteiger charge is -2.19. The van der Waals surface area contributed by atoms with Crippen molar-refractivity contribution < 1.29 is 9.84 Å². The van der Waals surface area contributed by atoms with Crippen LogP contribution in [0.1, 0.15) is 12.6 Å². The summed E-state index contributed by atoms with van der Waals surface area (Å²) >= 11 is 0. The molecule has 0 saturated carbocycles. The number of hydrogen-bond acceptors (Lipinski definition) is 3. The van der Waals surface area contributed by atoms with Gasteiger partial charge in [-0.05, 0) is 6.42 Å². The summed E-state index contributed by atoms with van der Waals surface area (Å²) in [4.78, 5) is 0. The Labute approximate surface area is 70.8 Å². The molecule has 2 heterocycles. The van der Waals surface area contributed by atoms with Crippen molar-refractivity contribution in [1.29, 1.82) is 0 Å². The molecule has 4 nitrogen and oxygen atoms in total. The number of aliphatic hydroxyl groups excluding tert-OH is 1. The summed E-state index contributed by atoms with van der Waals surface area (Å²) in [7, 11) is 0. The topological polar surface area (TPSA) is 47.3 Å². The minimum absolute atomic E-state index is 0.384. The van der Waals surface area contributed by atoms with Crippen LogP contribution in [0.25, 0.3) is 0 Å². The number of ether oxygens (including phenoxy) is 1. The van der Waals surface area contributed by atoms with E-state index in [1.165, 1.54) is 0 Å². The summed E-state index contributed by atoms with van der Waals surface area (Å²) in [6, 6.07) is 1.92. The molecule has 1 unspecified atom stereocenters. The molecule has 1 aromatic heterocycles. The van der Waals surface area contributed by atoms with Crippen LogP contribution < -0.4 is 4.74 Å². The van der Waals surface area contributed by atoms with E-state index in [0.717, 1.165) is 18.0 Å². The third kappa shape index (κ3) is 1.18. The minimum Gasteiger partial charge on any atom is -0.475 e. The lowest BCUT2D eigenvalue weighted by molar-refractivity contribution is 0.0557. The minimum atomic E-state index is -0.415. The quantitative estimate of drug-likeness (QED) is 0.651. The van der Waals surface area contributed by atoms with Crippen molar-refractivity contribution in [2.75, 3.05) is 6.61 Å². The monoisotopic (exact) mass is 168 g/mol. The Kier molecular flexibility index (Phi) is 1.77. The number of aliphatic hydroxyl groups is 1. The highest BCUT2D eigenvalue weighted by Crippen LogP contribution is 2.18. The molecule has 0 aromatic carbocycles.